The number of hydrogen-bond donors (Lipinski definition) is 0. The van der Waals surface area contributed by atoms with E-state index >= 15 is 0 Å². The van der Waals surface area contributed by atoms with Crippen LogP contribution in [0, 0.1) is 0 Å². The molecule has 4 nitrogen and oxygen atoms in total. The van der Waals surface area contributed by atoms with E-state index in [2.05, 4.69) is 161 Å². The van der Waals surface area contributed by atoms with Gasteiger partial charge in [0, 0.05) is 43.6 Å². The summed E-state index contributed by atoms with van der Waals surface area (Å²) in [6.45, 7) is 0. The van der Waals surface area contributed by atoms with E-state index in [1.54, 1.807) is 0 Å². The predicted octanol–water partition coefficient (Wildman–Crippen LogP) is 11.1. The van der Waals surface area contributed by atoms with Crippen LogP contribution in [-0.2, 0) is 0 Å². The molecule has 3 aromatic heterocycles. The highest BCUT2D eigenvalue weighted by atomic mass is 15.2. The van der Waals surface area contributed by atoms with Crippen LogP contribution in [-0.4, -0.2) is 19.1 Å². The summed E-state index contributed by atoms with van der Waals surface area (Å²) in [5.74, 6) is 0.663. The van der Waals surface area contributed by atoms with E-state index in [4.69, 9.17) is 9.97 Å². The number of benzene rings is 7. The van der Waals surface area contributed by atoms with Crippen molar-refractivity contribution in [3.8, 4) is 45.1 Å². The molecule has 0 bridgehead atoms. The first kappa shape index (κ1) is 25.6. The number of fused-ring (bicyclic) bond motifs is 13. The quantitative estimate of drug-likeness (QED) is 0.195. The Balaban J connectivity index is 1.40. The molecule has 0 saturated carbocycles. The number of aromatic nitrogens is 4. The Morgan fingerprint density at radius 3 is 1.73 bits per heavy atom. The molecular weight excluding hydrogens is 585 g/mol. The van der Waals surface area contributed by atoms with Gasteiger partial charge in [-0.25, -0.2) is 9.97 Å². The molecule has 48 heavy (non-hydrogen) atoms. The van der Waals surface area contributed by atoms with Crippen LogP contribution in [0.4, 0.5) is 0 Å². The van der Waals surface area contributed by atoms with Crippen molar-refractivity contribution in [3.63, 3.8) is 0 Å². The summed E-state index contributed by atoms with van der Waals surface area (Å²) in [4.78, 5) is 10.7. The van der Waals surface area contributed by atoms with E-state index < -0.39 is 0 Å². The second-order valence-corrected chi connectivity index (χ2v) is 12.6. The first-order valence-electron chi connectivity index (χ1n) is 16.4. The monoisotopic (exact) mass is 610 g/mol. The zero-order chi connectivity index (χ0) is 31.3. The molecule has 222 valence electrons. The first-order chi connectivity index (χ1) is 23.8. The van der Waals surface area contributed by atoms with Gasteiger partial charge in [0.05, 0.1) is 39.0 Å². The molecule has 7 aromatic carbocycles. The van der Waals surface area contributed by atoms with Gasteiger partial charge in [0.1, 0.15) is 0 Å². The van der Waals surface area contributed by atoms with Crippen LogP contribution in [0.1, 0.15) is 0 Å². The zero-order valence-corrected chi connectivity index (χ0v) is 25.8. The van der Waals surface area contributed by atoms with Crippen LogP contribution < -0.4 is 0 Å². The average molecular weight is 611 g/mol. The summed E-state index contributed by atoms with van der Waals surface area (Å²) in [7, 11) is 0. The van der Waals surface area contributed by atoms with Gasteiger partial charge in [0.25, 0.3) is 0 Å². The Morgan fingerprint density at radius 1 is 0.396 bits per heavy atom. The van der Waals surface area contributed by atoms with Crippen LogP contribution in [0.5, 0.6) is 0 Å². The molecule has 1 aliphatic rings. The Bertz CT molecular complexity index is 2950. The van der Waals surface area contributed by atoms with Gasteiger partial charge in [0.15, 0.2) is 0 Å². The zero-order valence-electron chi connectivity index (χ0n) is 25.8. The SMILES string of the molecule is c1ccc(-c2nc(-n3c4ccccc4c4cc5c6ccccc6n6c5c(c43)-c3ccccc3-c3ccccc3-6)nc3ccccc23)cc1. The minimum absolute atomic E-state index is 0.663. The van der Waals surface area contributed by atoms with E-state index in [0.717, 1.165) is 33.2 Å². The van der Waals surface area contributed by atoms with E-state index in [-0.39, 0.29) is 0 Å². The third-order valence-electron chi connectivity index (χ3n) is 10.1. The molecule has 0 N–H and O–H groups in total. The van der Waals surface area contributed by atoms with Gasteiger partial charge in [-0.2, -0.15) is 0 Å². The summed E-state index contributed by atoms with van der Waals surface area (Å²) >= 11 is 0. The van der Waals surface area contributed by atoms with Gasteiger partial charge in [0.2, 0.25) is 5.95 Å². The highest BCUT2D eigenvalue weighted by molar-refractivity contribution is 6.27. The Kier molecular flexibility index (Phi) is 5.08. The number of para-hydroxylation sites is 4. The lowest BCUT2D eigenvalue weighted by atomic mass is 9.92. The summed E-state index contributed by atoms with van der Waals surface area (Å²) < 4.78 is 4.79. The normalized spacial score (nSPS) is 12.2. The molecule has 0 atom stereocenters. The number of rotatable bonds is 2. The first-order valence-corrected chi connectivity index (χ1v) is 16.4. The standard InChI is InChI=1S/C44H26N4/c1-2-14-27(15-3-1)41-33-21-6-10-22-36(33)45-44(46-41)48-39-25-13-9-19-31(39)35-26-34-30-18-8-12-24-38(30)47-37-23-11-7-17-29(37)28-16-4-5-20-32(28)40(42(34)47)43(35)48/h1-26H. The van der Waals surface area contributed by atoms with Crippen molar-refractivity contribution < 1.29 is 0 Å². The molecule has 0 spiro atoms. The molecule has 0 fully saturated rings. The van der Waals surface area contributed by atoms with Crippen molar-refractivity contribution in [3.05, 3.63) is 158 Å². The summed E-state index contributed by atoms with van der Waals surface area (Å²) in [5, 5.41) is 5.89. The molecule has 0 saturated heterocycles. The van der Waals surface area contributed by atoms with E-state index in [1.165, 1.54) is 60.5 Å². The van der Waals surface area contributed by atoms with Crippen molar-refractivity contribution in [2.24, 2.45) is 0 Å². The Labute approximate surface area is 275 Å². The van der Waals surface area contributed by atoms with Crippen molar-refractivity contribution in [1.29, 1.82) is 0 Å². The van der Waals surface area contributed by atoms with Crippen molar-refractivity contribution >= 4 is 54.5 Å². The molecule has 4 heterocycles. The van der Waals surface area contributed by atoms with Crippen molar-refractivity contribution in [1.82, 2.24) is 19.1 Å². The lowest BCUT2D eigenvalue weighted by Crippen LogP contribution is -2.04. The fourth-order valence-electron chi connectivity index (χ4n) is 8.10. The van der Waals surface area contributed by atoms with Crippen LogP contribution in [0.25, 0.3) is 99.7 Å². The molecule has 0 aliphatic carbocycles. The smallest absolute Gasteiger partial charge is 0.235 e. The van der Waals surface area contributed by atoms with Crippen LogP contribution >= 0.6 is 0 Å². The largest absolute Gasteiger partial charge is 0.308 e. The van der Waals surface area contributed by atoms with Crippen molar-refractivity contribution in [2.45, 2.75) is 0 Å². The maximum absolute atomic E-state index is 5.42. The highest BCUT2D eigenvalue weighted by Gasteiger charge is 2.29. The Morgan fingerprint density at radius 2 is 0.958 bits per heavy atom. The molecule has 1 aliphatic heterocycles. The molecule has 10 aromatic rings. The minimum atomic E-state index is 0.663. The van der Waals surface area contributed by atoms with Crippen LogP contribution in [0.15, 0.2) is 158 Å². The fraction of sp³-hybridized carbons (Fsp3) is 0. The van der Waals surface area contributed by atoms with Crippen LogP contribution in [0.2, 0.25) is 0 Å². The second-order valence-electron chi connectivity index (χ2n) is 12.6. The van der Waals surface area contributed by atoms with Gasteiger partial charge in [-0.15, -0.1) is 0 Å². The highest BCUT2D eigenvalue weighted by Crippen LogP contribution is 2.51. The molecular formula is C44H26N4. The van der Waals surface area contributed by atoms with E-state index in [9.17, 15) is 0 Å². The predicted molar refractivity (Wildman–Crippen MR) is 198 cm³/mol. The molecule has 0 unspecified atom stereocenters. The van der Waals surface area contributed by atoms with E-state index in [1.807, 2.05) is 6.07 Å². The fourth-order valence-corrected chi connectivity index (χ4v) is 8.10. The van der Waals surface area contributed by atoms with Crippen LogP contribution in [0.3, 0.4) is 0 Å². The van der Waals surface area contributed by atoms with Gasteiger partial charge in [-0.3, -0.25) is 4.57 Å². The van der Waals surface area contributed by atoms with E-state index in [0.29, 0.717) is 5.95 Å². The molecule has 0 amide bonds. The molecule has 4 heteroatoms. The third-order valence-corrected chi connectivity index (χ3v) is 10.1. The summed E-state index contributed by atoms with van der Waals surface area (Å²) in [6, 6.07) is 56.4. The lowest BCUT2D eigenvalue weighted by Gasteiger charge is -2.15. The lowest BCUT2D eigenvalue weighted by molar-refractivity contribution is 1.01. The second kappa shape index (κ2) is 9.50. The third kappa shape index (κ3) is 3.33. The van der Waals surface area contributed by atoms with Gasteiger partial charge in [-0.05, 0) is 41.5 Å². The number of nitrogens with zero attached hydrogens (tertiary/aromatic N) is 4. The maximum atomic E-state index is 5.42. The number of hydrogen-bond acceptors (Lipinski definition) is 2. The van der Waals surface area contributed by atoms with Gasteiger partial charge in [-0.1, -0.05) is 127 Å². The Hall–Kier alpha value is -6.52. The van der Waals surface area contributed by atoms with Gasteiger partial charge >= 0.3 is 0 Å². The topological polar surface area (TPSA) is 35.6 Å². The average Bonchev–Trinajstić information content (AvgIpc) is 3.62. The maximum Gasteiger partial charge on any atom is 0.235 e. The van der Waals surface area contributed by atoms with Crippen molar-refractivity contribution in [2.75, 3.05) is 0 Å². The summed E-state index contributed by atoms with van der Waals surface area (Å²) in [5.41, 5.74) is 13.5. The molecule has 0 radical (unpaired) electrons. The minimum Gasteiger partial charge on any atom is -0.308 e. The molecule has 11 rings (SSSR count). The van der Waals surface area contributed by atoms with Gasteiger partial charge < -0.3 is 4.57 Å². The summed E-state index contributed by atoms with van der Waals surface area (Å²) in [6.07, 6.45) is 0.